The monoisotopic (exact) mass is 440 g/mol. The number of carbonyl (C=O) groups is 2. The summed E-state index contributed by atoms with van der Waals surface area (Å²) in [5.74, 6) is -3.78. The Hall–Kier alpha value is -3.14. The van der Waals surface area contributed by atoms with Crippen molar-refractivity contribution in [3.63, 3.8) is 0 Å². The van der Waals surface area contributed by atoms with Crippen LogP contribution in [-0.2, 0) is 6.18 Å². The van der Waals surface area contributed by atoms with Gasteiger partial charge >= 0.3 is 6.18 Å². The Labute approximate surface area is 171 Å². The fraction of sp³-hybridized carbons (Fsp3) is 0.150. The smallest absolute Gasteiger partial charge is 0.298 e. The summed E-state index contributed by atoms with van der Waals surface area (Å²) in [4.78, 5) is 28.6. The molecule has 10 heteroatoms. The minimum atomic E-state index is -4.59. The lowest BCUT2D eigenvalue weighted by molar-refractivity contribution is -0.137. The Morgan fingerprint density at radius 1 is 1.07 bits per heavy atom. The van der Waals surface area contributed by atoms with Crippen molar-refractivity contribution in [2.45, 2.75) is 19.5 Å². The maximum Gasteiger partial charge on any atom is 0.416 e. The fourth-order valence-electron chi connectivity index (χ4n) is 2.64. The van der Waals surface area contributed by atoms with Crippen molar-refractivity contribution in [3.8, 4) is 10.4 Å². The van der Waals surface area contributed by atoms with Gasteiger partial charge in [0.2, 0.25) is 0 Å². The first kappa shape index (κ1) is 21.6. The van der Waals surface area contributed by atoms with E-state index in [1.807, 2.05) is 0 Å². The molecular weight excluding hydrogens is 427 g/mol. The van der Waals surface area contributed by atoms with Crippen LogP contribution in [0, 0.1) is 11.6 Å². The number of anilines is 1. The Bertz CT molecular complexity index is 1100. The molecule has 1 heterocycles. The van der Waals surface area contributed by atoms with Crippen LogP contribution in [0.3, 0.4) is 0 Å². The van der Waals surface area contributed by atoms with Crippen LogP contribution in [0.25, 0.3) is 10.4 Å². The summed E-state index contributed by atoms with van der Waals surface area (Å²) in [5.41, 5.74) is -1.80. The molecule has 0 aliphatic carbocycles. The number of benzene rings is 2. The van der Waals surface area contributed by atoms with E-state index in [9.17, 15) is 31.5 Å². The highest BCUT2D eigenvalue weighted by Gasteiger charge is 2.31. The van der Waals surface area contributed by atoms with E-state index in [0.717, 1.165) is 41.7 Å². The van der Waals surface area contributed by atoms with Gasteiger partial charge in [0, 0.05) is 6.42 Å². The first-order valence-electron chi connectivity index (χ1n) is 8.58. The van der Waals surface area contributed by atoms with Crippen LogP contribution in [0.4, 0.5) is 27.1 Å². The minimum absolute atomic E-state index is 0.0189. The molecule has 0 saturated carbocycles. The lowest BCUT2D eigenvalue weighted by Gasteiger charge is -2.08. The summed E-state index contributed by atoms with van der Waals surface area (Å²) in [6, 6.07) is 7.20. The highest BCUT2D eigenvalue weighted by Crippen LogP contribution is 2.37. The van der Waals surface area contributed by atoms with Gasteiger partial charge in [-0.05, 0) is 29.8 Å². The van der Waals surface area contributed by atoms with Crippen LogP contribution in [-0.4, -0.2) is 16.7 Å². The number of hydrogen-bond acceptors (Lipinski definition) is 4. The van der Waals surface area contributed by atoms with Crippen molar-refractivity contribution >= 4 is 28.2 Å². The Morgan fingerprint density at radius 3 is 2.30 bits per heavy atom. The molecule has 0 radical (unpaired) electrons. The third kappa shape index (κ3) is 4.38. The van der Waals surface area contributed by atoms with Crippen molar-refractivity contribution < 1.29 is 31.5 Å². The number of rotatable bonds is 5. The molecule has 0 spiro atoms. The molecule has 1 amide bonds. The second kappa shape index (κ2) is 8.31. The van der Waals surface area contributed by atoms with Crippen molar-refractivity contribution in [3.05, 3.63) is 70.9 Å². The van der Waals surface area contributed by atoms with Gasteiger partial charge in [0.05, 0.1) is 10.4 Å². The number of thiazole rings is 1. The van der Waals surface area contributed by atoms with Gasteiger partial charge in [0.1, 0.15) is 22.9 Å². The molecule has 30 heavy (non-hydrogen) atoms. The number of halogens is 5. The summed E-state index contributed by atoms with van der Waals surface area (Å²) in [7, 11) is 0. The average molecular weight is 440 g/mol. The molecule has 0 atom stereocenters. The van der Waals surface area contributed by atoms with E-state index >= 15 is 0 Å². The van der Waals surface area contributed by atoms with E-state index in [4.69, 9.17) is 0 Å². The molecule has 0 saturated heterocycles. The van der Waals surface area contributed by atoms with Crippen molar-refractivity contribution in [1.29, 1.82) is 0 Å². The summed E-state index contributed by atoms with van der Waals surface area (Å²) in [6.07, 6.45) is -4.57. The number of Topliss-reactive ketones (excluding diaryl/α,β-unsaturated/α-hetero) is 1. The van der Waals surface area contributed by atoms with E-state index in [-0.39, 0.29) is 27.7 Å². The minimum Gasteiger partial charge on any atom is -0.298 e. The van der Waals surface area contributed by atoms with Gasteiger partial charge < -0.3 is 0 Å². The van der Waals surface area contributed by atoms with Gasteiger partial charge in [0.25, 0.3) is 5.91 Å². The fourth-order valence-corrected chi connectivity index (χ4v) is 3.61. The quantitative estimate of drug-likeness (QED) is 0.394. The van der Waals surface area contributed by atoms with Crippen LogP contribution in [0.5, 0.6) is 0 Å². The molecule has 0 bridgehead atoms. The maximum atomic E-state index is 13.8. The predicted octanol–water partition coefficient (Wildman–Crippen LogP) is 5.95. The summed E-state index contributed by atoms with van der Waals surface area (Å²) >= 11 is 0.734. The van der Waals surface area contributed by atoms with Crippen LogP contribution >= 0.6 is 11.3 Å². The topological polar surface area (TPSA) is 59.1 Å². The molecule has 0 unspecified atom stereocenters. The summed E-state index contributed by atoms with van der Waals surface area (Å²) in [5, 5.41) is 2.03. The van der Waals surface area contributed by atoms with Crippen LogP contribution in [0.1, 0.15) is 39.8 Å². The molecule has 1 aromatic heterocycles. The SMILES string of the molecule is CCC(=O)c1nc(NC(=O)c2c(F)cccc2F)sc1-c1cccc(C(F)(F)F)c1. The van der Waals surface area contributed by atoms with E-state index in [1.54, 1.807) is 6.92 Å². The van der Waals surface area contributed by atoms with Crippen LogP contribution in [0.2, 0.25) is 0 Å². The molecule has 4 nitrogen and oxygen atoms in total. The number of carbonyl (C=O) groups excluding carboxylic acids is 2. The lowest BCUT2D eigenvalue weighted by Crippen LogP contribution is -2.15. The summed E-state index contributed by atoms with van der Waals surface area (Å²) in [6.45, 7) is 1.55. The number of nitrogens with zero attached hydrogens (tertiary/aromatic N) is 1. The lowest BCUT2D eigenvalue weighted by atomic mass is 10.1. The Morgan fingerprint density at radius 2 is 1.70 bits per heavy atom. The van der Waals surface area contributed by atoms with Gasteiger partial charge in [-0.3, -0.25) is 14.9 Å². The second-order valence-electron chi connectivity index (χ2n) is 6.10. The number of ketones is 1. The molecule has 3 rings (SSSR count). The van der Waals surface area contributed by atoms with Crippen LogP contribution < -0.4 is 5.32 Å². The first-order chi connectivity index (χ1) is 14.1. The standard InChI is InChI=1S/C20H13F5N2O2S/c1-2-14(28)16-17(10-5-3-6-11(9-10)20(23,24)25)30-19(26-16)27-18(29)15-12(21)7-4-8-13(15)22/h3-9H,2H2,1H3,(H,26,27,29). The van der Waals surface area contributed by atoms with Crippen molar-refractivity contribution in [1.82, 2.24) is 4.98 Å². The van der Waals surface area contributed by atoms with Crippen molar-refractivity contribution in [2.75, 3.05) is 5.32 Å². The van der Waals surface area contributed by atoms with E-state index in [2.05, 4.69) is 10.3 Å². The zero-order valence-electron chi connectivity index (χ0n) is 15.3. The number of amides is 1. The Balaban J connectivity index is 2.02. The van der Waals surface area contributed by atoms with E-state index < -0.39 is 40.6 Å². The number of alkyl halides is 3. The maximum absolute atomic E-state index is 13.8. The molecule has 3 aromatic rings. The van der Waals surface area contributed by atoms with Gasteiger partial charge in [-0.1, -0.05) is 36.5 Å². The van der Waals surface area contributed by atoms with Gasteiger partial charge in [-0.2, -0.15) is 13.2 Å². The second-order valence-corrected chi connectivity index (χ2v) is 7.10. The van der Waals surface area contributed by atoms with Gasteiger partial charge in [0.15, 0.2) is 10.9 Å². The average Bonchev–Trinajstić information content (AvgIpc) is 3.10. The van der Waals surface area contributed by atoms with E-state index in [1.165, 1.54) is 12.1 Å². The zero-order valence-corrected chi connectivity index (χ0v) is 16.1. The Kier molecular flexibility index (Phi) is 5.97. The highest BCUT2D eigenvalue weighted by molar-refractivity contribution is 7.19. The number of nitrogens with one attached hydrogen (secondary N) is 1. The number of aromatic nitrogens is 1. The highest BCUT2D eigenvalue weighted by atomic mass is 32.1. The molecule has 0 aliphatic heterocycles. The molecule has 0 aliphatic rings. The largest absolute Gasteiger partial charge is 0.416 e. The zero-order chi connectivity index (χ0) is 22.1. The van der Waals surface area contributed by atoms with Crippen molar-refractivity contribution in [2.24, 2.45) is 0 Å². The molecule has 0 fully saturated rings. The van der Waals surface area contributed by atoms with Crippen LogP contribution in [0.15, 0.2) is 42.5 Å². The predicted molar refractivity (Wildman–Crippen MR) is 101 cm³/mol. The third-order valence-corrected chi connectivity index (χ3v) is 5.09. The molecular formula is C20H13F5N2O2S. The molecule has 1 N–H and O–H groups in total. The van der Waals surface area contributed by atoms with Gasteiger partial charge in [-0.25, -0.2) is 13.8 Å². The normalized spacial score (nSPS) is 11.4. The number of hydrogen-bond donors (Lipinski definition) is 1. The third-order valence-electron chi connectivity index (χ3n) is 4.07. The molecule has 156 valence electrons. The first-order valence-corrected chi connectivity index (χ1v) is 9.40. The van der Waals surface area contributed by atoms with E-state index in [0.29, 0.717) is 0 Å². The molecule has 2 aromatic carbocycles. The van der Waals surface area contributed by atoms with Gasteiger partial charge in [-0.15, -0.1) is 0 Å². The summed E-state index contributed by atoms with van der Waals surface area (Å²) < 4.78 is 66.8.